The zero-order valence-corrected chi connectivity index (χ0v) is 13.7. The molecule has 0 aliphatic heterocycles. The summed E-state index contributed by atoms with van der Waals surface area (Å²) in [6, 6.07) is 12.7. The summed E-state index contributed by atoms with van der Waals surface area (Å²) in [5, 5.41) is 11.2. The molecule has 1 N–H and O–H groups in total. The molecule has 0 spiro atoms. The number of hydrogen-bond acceptors (Lipinski definition) is 5. The Morgan fingerprint density at radius 2 is 2.00 bits per heavy atom. The molecule has 8 heteroatoms. The van der Waals surface area contributed by atoms with E-state index >= 15 is 0 Å². The van der Waals surface area contributed by atoms with E-state index in [9.17, 15) is 19.7 Å². The first-order valence-electron chi connectivity index (χ1n) is 7.67. The summed E-state index contributed by atoms with van der Waals surface area (Å²) in [6.07, 6.45) is 2.62. The van der Waals surface area contributed by atoms with Crippen molar-refractivity contribution in [3.8, 4) is 0 Å². The Kier molecular flexibility index (Phi) is 4.57. The van der Waals surface area contributed by atoms with Crippen LogP contribution in [0.1, 0.15) is 11.4 Å². The van der Waals surface area contributed by atoms with E-state index in [2.05, 4.69) is 10.4 Å². The minimum atomic E-state index is -0.557. The first-order valence-corrected chi connectivity index (χ1v) is 7.67. The summed E-state index contributed by atoms with van der Waals surface area (Å²) in [4.78, 5) is 39.2. The minimum Gasteiger partial charge on any atom is -0.268 e. The lowest BCUT2D eigenvalue weighted by Crippen LogP contribution is -2.34. The number of carbonyl (C=O) groups excluding carboxylic acids is 1. The van der Waals surface area contributed by atoms with Crippen LogP contribution >= 0.6 is 0 Å². The van der Waals surface area contributed by atoms with Crippen LogP contribution in [-0.4, -0.2) is 20.5 Å². The smallest absolute Gasteiger partial charge is 0.268 e. The number of non-ortho nitro benzene ring substituents is 1. The molecule has 0 saturated heterocycles. The number of aromatic nitrogens is 2. The van der Waals surface area contributed by atoms with Crippen molar-refractivity contribution in [1.82, 2.24) is 9.66 Å². The van der Waals surface area contributed by atoms with Crippen LogP contribution in [0.25, 0.3) is 17.0 Å². The molecule has 0 aliphatic rings. The van der Waals surface area contributed by atoms with Crippen molar-refractivity contribution in [1.29, 1.82) is 0 Å². The van der Waals surface area contributed by atoms with E-state index in [1.165, 1.54) is 30.4 Å². The molecule has 130 valence electrons. The predicted octanol–water partition coefficient (Wildman–Crippen LogP) is 2.40. The lowest BCUT2D eigenvalue weighted by atomic mass is 10.2. The van der Waals surface area contributed by atoms with Gasteiger partial charge in [-0.05, 0) is 30.7 Å². The molecule has 0 aliphatic carbocycles. The van der Waals surface area contributed by atoms with E-state index in [1.54, 1.807) is 37.3 Å². The van der Waals surface area contributed by atoms with Gasteiger partial charge in [0.25, 0.3) is 17.2 Å². The number of para-hydroxylation sites is 1. The van der Waals surface area contributed by atoms with Gasteiger partial charge in [0.05, 0.1) is 15.8 Å². The first kappa shape index (κ1) is 17.0. The minimum absolute atomic E-state index is 0.0710. The van der Waals surface area contributed by atoms with Crippen LogP contribution < -0.4 is 11.0 Å². The number of rotatable bonds is 4. The van der Waals surface area contributed by atoms with Crippen molar-refractivity contribution < 1.29 is 9.72 Å². The standard InChI is InChI=1S/C18H14N4O4/c1-12-19-16-8-3-2-7-15(16)18(24)21(12)20-17(23)10-9-13-5-4-6-14(11-13)22(25)26/h2-11H,1H3,(H,20,23)/b10-9+. The van der Waals surface area contributed by atoms with Gasteiger partial charge in [-0.1, -0.05) is 24.3 Å². The van der Waals surface area contributed by atoms with Gasteiger partial charge in [-0.15, -0.1) is 0 Å². The first-order chi connectivity index (χ1) is 12.5. The Morgan fingerprint density at radius 3 is 2.77 bits per heavy atom. The quantitative estimate of drug-likeness (QED) is 0.442. The van der Waals surface area contributed by atoms with Crippen LogP contribution in [-0.2, 0) is 4.79 Å². The molecule has 0 unspecified atom stereocenters. The van der Waals surface area contributed by atoms with E-state index in [1.807, 2.05) is 0 Å². The molecule has 8 nitrogen and oxygen atoms in total. The number of amides is 1. The van der Waals surface area contributed by atoms with E-state index in [0.29, 0.717) is 22.3 Å². The van der Waals surface area contributed by atoms with Gasteiger partial charge in [0, 0.05) is 18.2 Å². The Balaban J connectivity index is 1.84. The fraction of sp³-hybridized carbons (Fsp3) is 0.0556. The fourth-order valence-corrected chi connectivity index (χ4v) is 2.44. The summed E-state index contributed by atoms with van der Waals surface area (Å²) in [5.41, 5.74) is 3.05. The molecular weight excluding hydrogens is 336 g/mol. The second kappa shape index (κ2) is 6.98. The van der Waals surface area contributed by atoms with Crippen molar-refractivity contribution in [2.45, 2.75) is 6.92 Å². The van der Waals surface area contributed by atoms with Gasteiger partial charge in [-0.3, -0.25) is 25.1 Å². The predicted molar refractivity (Wildman–Crippen MR) is 97.2 cm³/mol. The van der Waals surface area contributed by atoms with E-state index in [-0.39, 0.29) is 11.2 Å². The van der Waals surface area contributed by atoms with Crippen LogP contribution in [0.2, 0.25) is 0 Å². The number of nitrogens with one attached hydrogen (secondary N) is 1. The largest absolute Gasteiger partial charge is 0.280 e. The van der Waals surface area contributed by atoms with Gasteiger partial charge in [0.2, 0.25) is 0 Å². The summed E-state index contributed by atoms with van der Waals surface area (Å²) in [6.45, 7) is 1.61. The van der Waals surface area contributed by atoms with Crippen molar-refractivity contribution in [2.24, 2.45) is 0 Å². The second-order valence-electron chi connectivity index (χ2n) is 5.48. The number of nitrogens with zero attached hydrogens (tertiary/aromatic N) is 3. The Hall–Kier alpha value is -3.81. The van der Waals surface area contributed by atoms with E-state index < -0.39 is 10.8 Å². The average molecular weight is 350 g/mol. The summed E-state index contributed by atoms with van der Waals surface area (Å²) >= 11 is 0. The van der Waals surface area contributed by atoms with Gasteiger partial charge in [-0.2, -0.15) is 0 Å². The van der Waals surface area contributed by atoms with Crippen LogP contribution in [0.15, 0.2) is 59.4 Å². The van der Waals surface area contributed by atoms with Gasteiger partial charge in [0.1, 0.15) is 5.82 Å². The zero-order chi connectivity index (χ0) is 18.7. The molecule has 0 atom stereocenters. The highest BCUT2D eigenvalue weighted by Crippen LogP contribution is 2.14. The van der Waals surface area contributed by atoms with Gasteiger partial charge in [-0.25, -0.2) is 9.66 Å². The van der Waals surface area contributed by atoms with Crippen LogP contribution in [0.3, 0.4) is 0 Å². The van der Waals surface area contributed by atoms with Gasteiger partial charge >= 0.3 is 0 Å². The SMILES string of the molecule is Cc1nc2ccccc2c(=O)n1NC(=O)/C=C/c1cccc([N+](=O)[O-])c1. The summed E-state index contributed by atoms with van der Waals surface area (Å²) in [5.74, 6) is -0.218. The highest BCUT2D eigenvalue weighted by Gasteiger charge is 2.09. The van der Waals surface area contributed by atoms with Crippen LogP contribution in [0.4, 0.5) is 5.69 Å². The molecule has 0 bridgehead atoms. The number of hydrogen-bond donors (Lipinski definition) is 1. The molecular formula is C18H14N4O4. The third kappa shape index (κ3) is 3.48. The van der Waals surface area contributed by atoms with Crippen LogP contribution in [0.5, 0.6) is 0 Å². The molecule has 1 heterocycles. The highest BCUT2D eigenvalue weighted by atomic mass is 16.6. The molecule has 1 aromatic heterocycles. The number of nitro groups is 1. The molecule has 0 saturated carbocycles. The topological polar surface area (TPSA) is 107 Å². The lowest BCUT2D eigenvalue weighted by molar-refractivity contribution is -0.384. The van der Waals surface area contributed by atoms with E-state index in [0.717, 1.165) is 4.68 Å². The van der Waals surface area contributed by atoms with Gasteiger partial charge < -0.3 is 0 Å². The Morgan fingerprint density at radius 1 is 1.23 bits per heavy atom. The van der Waals surface area contributed by atoms with E-state index in [4.69, 9.17) is 0 Å². The third-order valence-electron chi connectivity index (χ3n) is 3.67. The van der Waals surface area contributed by atoms with Crippen molar-refractivity contribution >= 4 is 28.6 Å². The maximum absolute atomic E-state index is 12.5. The maximum Gasteiger partial charge on any atom is 0.280 e. The van der Waals surface area contributed by atoms with Crippen molar-refractivity contribution in [3.05, 3.63) is 86.5 Å². The molecule has 2 aromatic carbocycles. The number of carbonyl (C=O) groups is 1. The fourth-order valence-electron chi connectivity index (χ4n) is 2.44. The summed E-state index contributed by atoms with van der Waals surface area (Å²) in [7, 11) is 0. The molecule has 3 rings (SSSR count). The maximum atomic E-state index is 12.5. The number of fused-ring (bicyclic) bond motifs is 1. The van der Waals surface area contributed by atoms with Crippen molar-refractivity contribution in [3.63, 3.8) is 0 Å². The summed E-state index contributed by atoms with van der Waals surface area (Å²) < 4.78 is 1.07. The molecule has 1 amide bonds. The lowest BCUT2D eigenvalue weighted by Gasteiger charge is -2.10. The second-order valence-corrected chi connectivity index (χ2v) is 5.48. The molecule has 3 aromatic rings. The molecule has 0 radical (unpaired) electrons. The Labute approximate surface area is 147 Å². The average Bonchev–Trinajstić information content (AvgIpc) is 2.63. The Bertz CT molecular complexity index is 1100. The number of aryl methyl sites for hydroxylation is 1. The third-order valence-corrected chi connectivity index (χ3v) is 3.67. The van der Waals surface area contributed by atoms with Gasteiger partial charge in [0.15, 0.2) is 0 Å². The highest BCUT2D eigenvalue weighted by molar-refractivity contribution is 5.97. The zero-order valence-electron chi connectivity index (χ0n) is 13.7. The normalized spacial score (nSPS) is 11.0. The number of nitro benzene ring substituents is 1. The molecule has 0 fully saturated rings. The number of benzene rings is 2. The van der Waals surface area contributed by atoms with Crippen LogP contribution in [0, 0.1) is 17.0 Å². The van der Waals surface area contributed by atoms with Crippen molar-refractivity contribution in [2.75, 3.05) is 5.43 Å². The monoisotopic (exact) mass is 350 g/mol. The molecule has 26 heavy (non-hydrogen) atoms.